The molecule has 0 atom stereocenters. The maximum atomic E-state index is 11.7. The fourth-order valence-electron chi connectivity index (χ4n) is 1.07. The first-order valence-electron chi connectivity index (χ1n) is 4.79. The van der Waals surface area contributed by atoms with Gasteiger partial charge in [-0.05, 0) is 26.0 Å². The van der Waals surface area contributed by atoms with Crippen molar-refractivity contribution >= 4 is 33.3 Å². The topological polar surface area (TPSA) is 83.5 Å². The summed E-state index contributed by atoms with van der Waals surface area (Å²) < 4.78 is 25.5. The van der Waals surface area contributed by atoms with Crippen molar-refractivity contribution in [2.45, 2.75) is 19.1 Å². The quantitative estimate of drug-likeness (QED) is 0.884. The molecule has 0 spiro atoms. The molecule has 0 saturated carbocycles. The van der Waals surface area contributed by atoms with Gasteiger partial charge >= 0.3 is 5.97 Å². The van der Waals surface area contributed by atoms with Crippen LogP contribution in [-0.4, -0.2) is 24.7 Å². The van der Waals surface area contributed by atoms with Gasteiger partial charge in [0.25, 0.3) is 0 Å². The molecule has 0 amide bonds. The lowest BCUT2D eigenvalue weighted by atomic mass is 10.2. The van der Waals surface area contributed by atoms with Gasteiger partial charge in [0.15, 0.2) is 0 Å². The average molecular weight is 278 g/mol. The van der Waals surface area contributed by atoms with Crippen LogP contribution >= 0.6 is 11.6 Å². The molecular formula is C10H12ClNO4S. The normalized spacial score (nSPS) is 11.5. The van der Waals surface area contributed by atoms with Crippen LogP contribution in [0.3, 0.4) is 0 Å². The number of benzene rings is 1. The maximum absolute atomic E-state index is 11.7. The molecule has 0 aromatic heterocycles. The number of carboxylic acids is 1. The third-order valence-corrected chi connectivity index (χ3v) is 4.15. The van der Waals surface area contributed by atoms with Crippen molar-refractivity contribution in [3.05, 3.63) is 28.8 Å². The first kappa shape index (κ1) is 13.8. The summed E-state index contributed by atoms with van der Waals surface area (Å²) in [7, 11) is -3.63. The number of carbonyl (C=O) groups is 1. The van der Waals surface area contributed by atoms with E-state index in [0.717, 1.165) is 0 Å². The second-order valence-electron chi connectivity index (χ2n) is 3.66. The van der Waals surface area contributed by atoms with Crippen LogP contribution in [0.2, 0.25) is 5.02 Å². The first-order valence-corrected chi connectivity index (χ1v) is 6.71. The van der Waals surface area contributed by atoms with Gasteiger partial charge in [-0.1, -0.05) is 17.7 Å². The summed E-state index contributed by atoms with van der Waals surface area (Å²) in [5.41, 5.74) is -0.280. The van der Waals surface area contributed by atoms with E-state index >= 15 is 0 Å². The zero-order chi connectivity index (χ0) is 13.2. The van der Waals surface area contributed by atoms with Crippen molar-refractivity contribution < 1.29 is 18.3 Å². The largest absolute Gasteiger partial charge is 0.478 e. The zero-order valence-electron chi connectivity index (χ0n) is 9.27. The highest BCUT2D eigenvalue weighted by Crippen LogP contribution is 2.27. The van der Waals surface area contributed by atoms with E-state index in [-0.39, 0.29) is 16.3 Å². The summed E-state index contributed by atoms with van der Waals surface area (Å²) in [4.78, 5) is 10.9. The molecule has 0 heterocycles. The fourth-order valence-corrected chi connectivity index (χ4v) is 2.08. The zero-order valence-corrected chi connectivity index (χ0v) is 10.8. The highest BCUT2D eigenvalue weighted by Gasteiger charge is 2.21. The Kier molecular flexibility index (Phi) is 4.00. The van der Waals surface area contributed by atoms with Crippen LogP contribution in [0.1, 0.15) is 24.2 Å². The van der Waals surface area contributed by atoms with Crippen molar-refractivity contribution in [3.8, 4) is 0 Å². The third kappa shape index (κ3) is 3.10. The Morgan fingerprint density at radius 1 is 1.41 bits per heavy atom. The lowest BCUT2D eigenvalue weighted by Crippen LogP contribution is -2.23. The van der Waals surface area contributed by atoms with E-state index in [1.165, 1.54) is 32.0 Å². The maximum Gasteiger partial charge on any atom is 0.337 e. The summed E-state index contributed by atoms with van der Waals surface area (Å²) in [6.07, 6.45) is 0. The van der Waals surface area contributed by atoms with Crippen molar-refractivity contribution in [1.82, 2.24) is 0 Å². The molecule has 0 unspecified atom stereocenters. The van der Waals surface area contributed by atoms with Gasteiger partial charge in [-0.2, -0.15) is 0 Å². The molecule has 0 aliphatic rings. The van der Waals surface area contributed by atoms with E-state index in [1.807, 2.05) is 0 Å². The van der Waals surface area contributed by atoms with Gasteiger partial charge in [-0.15, -0.1) is 0 Å². The Morgan fingerprint density at radius 3 is 2.47 bits per heavy atom. The molecule has 1 aromatic carbocycles. The van der Waals surface area contributed by atoms with Crippen molar-refractivity contribution in [3.63, 3.8) is 0 Å². The second-order valence-corrected chi connectivity index (χ2v) is 6.31. The third-order valence-electron chi connectivity index (χ3n) is 2.11. The molecule has 1 rings (SSSR count). The van der Waals surface area contributed by atoms with Crippen LogP contribution in [0.4, 0.5) is 5.69 Å². The molecule has 0 radical (unpaired) electrons. The SMILES string of the molecule is CC(C)S(=O)(=O)Nc1c(Cl)cccc1C(=O)O. The lowest BCUT2D eigenvalue weighted by molar-refractivity contribution is 0.0698. The minimum Gasteiger partial charge on any atom is -0.478 e. The molecule has 0 saturated heterocycles. The van der Waals surface area contributed by atoms with Gasteiger partial charge in [0, 0.05) is 0 Å². The Morgan fingerprint density at radius 2 is 2.00 bits per heavy atom. The molecule has 1 aromatic rings. The van der Waals surface area contributed by atoms with Gasteiger partial charge in [0.05, 0.1) is 21.5 Å². The number of halogens is 1. The smallest absolute Gasteiger partial charge is 0.337 e. The summed E-state index contributed by atoms with van der Waals surface area (Å²) >= 11 is 5.79. The van der Waals surface area contributed by atoms with Gasteiger partial charge in [0.2, 0.25) is 10.0 Å². The number of hydrogen-bond acceptors (Lipinski definition) is 3. The minimum absolute atomic E-state index is 0.0501. The molecule has 0 fully saturated rings. The van der Waals surface area contributed by atoms with E-state index in [2.05, 4.69) is 4.72 Å². The van der Waals surface area contributed by atoms with Crippen LogP contribution in [-0.2, 0) is 10.0 Å². The van der Waals surface area contributed by atoms with Crippen LogP contribution in [0.5, 0.6) is 0 Å². The van der Waals surface area contributed by atoms with Crippen LogP contribution < -0.4 is 4.72 Å². The first-order chi connectivity index (χ1) is 7.75. The number of carboxylic acid groups (broad SMARTS) is 1. The standard InChI is InChI=1S/C10H12ClNO4S/c1-6(2)17(15,16)12-9-7(10(13)14)4-3-5-8(9)11/h3-6,12H,1-2H3,(H,13,14). The Labute approximate surface area is 104 Å². The van der Waals surface area contributed by atoms with Gasteiger partial charge in [-0.25, -0.2) is 13.2 Å². The van der Waals surface area contributed by atoms with Crippen LogP contribution in [0.25, 0.3) is 0 Å². The van der Waals surface area contributed by atoms with Crippen LogP contribution in [0, 0.1) is 0 Å². The van der Waals surface area contributed by atoms with E-state index in [9.17, 15) is 13.2 Å². The summed E-state index contributed by atoms with van der Waals surface area (Å²) in [5.74, 6) is -1.24. The summed E-state index contributed by atoms with van der Waals surface area (Å²) in [6.45, 7) is 2.97. The van der Waals surface area contributed by atoms with E-state index in [0.29, 0.717) is 0 Å². The van der Waals surface area contributed by atoms with Gasteiger partial charge in [-0.3, -0.25) is 4.72 Å². The number of sulfonamides is 1. The predicted molar refractivity (Wildman–Crippen MR) is 66.1 cm³/mol. The summed E-state index contributed by atoms with van der Waals surface area (Å²) in [6, 6.07) is 4.15. The Balaban J connectivity index is 3.28. The Hall–Kier alpha value is -1.27. The van der Waals surface area contributed by atoms with Crippen molar-refractivity contribution in [2.75, 3.05) is 4.72 Å². The molecule has 0 aliphatic heterocycles. The number of hydrogen-bond donors (Lipinski definition) is 2. The lowest BCUT2D eigenvalue weighted by Gasteiger charge is -2.13. The van der Waals surface area contributed by atoms with Crippen molar-refractivity contribution in [1.29, 1.82) is 0 Å². The number of para-hydroxylation sites is 1. The Bertz CT molecular complexity index is 539. The van der Waals surface area contributed by atoms with Gasteiger partial charge < -0.3 is 5.11 Å². The number of rotatable bonds is 4. The second kappa shape index (κ2) is 4.93. The molecule has 17 heavy (non-hydrogen) atoms. The molecule has 5 nitrogen and oxygen atoms in total. The highest BCUT2D eigenvalue weighted by atomic mass is 35.5. The number of anilines is 1. The highest BCUT2D eigenvalue weighted by molar-refractivity contribution is 7.93. The van der Waals surface area contributed by atoms with Gasteiger partial charge in [0.1, 0.15) is 0 Å². The number of nitrogens with one attached hydrogen (secondary N) is 1. The molecule has 94 valence electrons. The predicted octanol–water partition coefficient (Wildman–Crippen LogP) is 2.19. The van der Waals surface area contributed by atoms with E-state index < -0.39 is 21.2 Å². The average Bonchev–Trinajstić information content (AvgIpc) is 2.20. The summed E-state index contributed by atoms with van der Waals surface area (Å²) in [5, 5.41) is 8.30. The monoisotopic (exact) mass is 277 g/mol. The van der Waals surface area contributed by atoms with E-state index in [1.54, 1.807) is 0 Å². The fraction of sp³-hybridized carbons (Fsp3) is 0.300. The van der Waals surface area contributed by atoms with Crippen LogP contribution in [0.15, 0.2) is 18.2 Å². The molecule has 2 N–H and O–H groups in total. The molecule has 0 aliphatic carbocycles. The number of aromatic carboxylic acids is 1. The molecular weight excluding hydrogens is 266 g/mol. The van der Waals surface area contributed by atoms with E-state index in [4.69, 9.17) is 16.7 Å². The van der Waals surface area contributed by atoms with Crippen molar-refractivity contribution in [2.24, 2.45) is 0 Å². The molecule has 7 heteroatoms. The minimum atomic E-state index is -3.63. The molecule has 0 bridgehead atoms.